The summed E-state index contributed by atoms with van der Waals surface area (Å²) in [6.07, 6.45) is 2.57. The van der Waals surface area contributed by atoms with Crippen molar-refractivity contribution in [3.8, 4) is 0 Å². The predicted molar refractivity (Wildman–Crippen MR) is 84.3 cm³/mol. The summed E-state index contributed by atoms with van der Waals surface area (Å²) >= 11 is 8.08. The van der Waals surface area contributed by atoms with Crippen molar-refractivity contribution in [3.05, 3.63) is 39.2 Å². The Bertz CT molecular complexity index is 717. The lowest BCUT2D eigenvalue weighted by atomic mass is 10.3. The molecule has 0 aliphatic rings. The number of aromatic nitrogens is 2. The normalized spacial score (nSPS) is 11.6. The van der Waals surface area contributed by atoms with E-state index in [4.69, 9.17) is 16.7 Å². The minimum absolute atomic E-state index is 0.0144. The van der Waals surface area contributed by atoms with E-state index in [1.54, 1.807) is 18.2 Å². The summed E-state index contributed by atoms with van der Waals surface area (Å²) < 4.78 is 29.0. The highest BCUT2D eigenvalue weighted by Crippen LogP contribution is 2.26. The van der Waals surface area contributed by atoms with E-state index in [2.05, 4.69) is 32.4 Å². The summed E-state index contributed by atoms with van der Waals surface area (Å²) in [7, 11) is -3.75. The number of rotatable bonds is 5. The fourth-order valence-electron chi connectivity index (χ4n) is 1.48. The van der Waals surface area contributed by atoms with Crippen molar-refractivity contribution in [2.24, 2.45) is 0 Å². The fraction of sp³-hybridized carbons (Fsp3) is 0.182. The Morgan fingerprint density at radius 3 is 2.85 bits per heavy atom. The Morgan fingerprint density at radius 1 is 1.45 bits per heavy atom. The van der Waals surface area contributed by atoms with Gasteiger partial charge in [-0.15, -0.1) is 0 Å². The lowest BCUT2D eigenvalue weighted by molar-refractivity contribution is 0.269. The van der Waals surface area contributed by atoms with Crippen LogP contribution in [0.25, 0.3) is 0 Å². The SMILES string of the molecule is O=S(=O)(Nc1ccc(I)cc1Cl)c1cnn(CCO)c1. The van der Waals surface area contributed by atoms with Crippen LogP contribution in [0.2, 0.25) is 5.02 Å². The minimum atomic E-state index is -3.75. The minimum Gasteiger partial charge on any atom is -0.394 e. The van der Waals surface area contributed by atoms with E-state index >= 15 is 0 Å². The molecule has 0 fully saturated rings. The Hall–Kier alpha value is -0.840. The average Bonchev–Trinajstić information content (AvgIpc) is 2.83. The van der Waals surface area contributed by atoms with Crippen LogP contribution in [0.5, 0.6) is 0 Å². The van der Waals surface area contributed by atoms with Crippen molar-refractivity contribution >= 4 is 49.9 Å². The summed E-state index contributed by atoms with van der Waals surface area (Å²) in [6.45, 7) is 0.122. The van der Waals surface area contributed by atoms with Crippen LogP contribution < -0.4 is 4.72 Å². The molecule has 1 aromatic heterocycles. The topological polar surface area (TPSA) is 84.2 Å². The first-order valence-electron chi connectivity index (χ1n) is 5.53. The average molecular weight is 428 g/mol. The van der Waals surface area contributed by atoms with Gasteiger partial charge in [-0.05, 0) is 40.8 Å². The molecule has 2 aromatic rings. The van der Waals surface area contributed by atoms with E-state index in [-0.39, 0.29) is 18.0 Å². The number of aliphatic hydroxyl groups is 1. The first-order valence-corrected chi connectivity index (χ1v) is 8.47. The van der Waals surface area contributed by atoms with Crippen molar-refractivity contribution in [1.82, 2.24) is 9.78 Å². The van der Waals surface area contributed by atoms with Gasteiger partial charge in [0.15, 0.2) is 0 Å². The largest absolute Gasteiger partial charge is 0.394 e. The number of hydrogen-bond donors (Lipinski definition) is 2. The van der Waals surface area contributed by atoms with E-state index < -0.39 is 10.0 Å². The third-order valence-corrected chi connectivity index (χ3v) is 4.73. The van der Waals surface area contributed by atoms with Crippen LogP contribution in [0, 0.1) is 3.57 Å². The van der Waals surface area contributed by atoms with E-state index in [0.29, 0.717) is 10.7 Å². The van der Waals surface area contributed by atoms with Crippen LogP contribution in [0.15, 0.2) is 35.5 Å². The molecule has 0 amide bonds. The molecule has 1 heterocycles. The molecule has 0 atom stereocenters. The molecular weight excluding hydrogens is 417 g/mol. The molecule has 0 bridgehead atoms. The molecule has 0 spiro atoms. The van der Waals surface area contributed by atoms with Crippen molar-refractivity contribution in [3.63, 3.8) is 0 Å². The zero-order chi connectivity index (χ0) is 14.8. The van der Waals surface area contributed by atoms with Gasteiger partial charge in [-0.2, -0.15) is 5.10 Å². The van der Waals surface area contributed by atoms with Crippen molar-refractivity contribution in [2.45, 2.75) is 11.4 Å². The number of nitrogens with one attached hydrogen (secondary N) is 1. The van der Waals surface area contributed by atoms with E-state index in [9.17, 15) is 8.42 Å². The summed E-state index contributed by atoms with van der Waals surface area (Å²) in [6, 6.07) is 5.01. The van der Waals surface area contributed by atoms with Crippen molar-refractivity contribution in [1.29, 1.82) is 0 Å². The second-order valence-electron chi connectivity index (χ2n) is 3.89. The number of nitrogens with zero attached hydrogens (tertiary/aromatic N) is 2. The van der Waals surface area contributed by atoms with Gasteiger partial charge < -0.3 is 5.11 Å². The van der Waals surface area contributed by atoms with Crippen LogP contribution in [-0.4, -0.2) is 29.9 Å². The molecule has 0 unspecified atom stereocenters. The van der Waals surface area contributed by atoms with Crippen LogP contribution in [0.3, 0.4) is 0 Å². The summed E-state index contributed by atoms with van der Waals surface area (Å²) in [5.74, 6) is 0. The number of hydrogen-bond acceptors (Lipinski definition) is 4. The van der Waals surface area contributed by atoms with Gasteiger partial charge in [0.2, 0.25) is 0 Å². The van der Waals surface area contributed by atoms with E-state index in [1.807, 2.05) is 0 Å². The molecule has 9 heteroatoms. The molecule has 0 radical (unpaired) electrons. The molecule has 2 N–H and O–H groups in total. The van der Waals surface area contributed by atoms with Crippen molar-refractivity contribution < 1.29 is 13.5 Å². The first-order chi connectivity index (χ1) is 9.42. The second-order valence-corrected chi connectivity index (χ2v) is 7.23. The Labute approximate surface area is 134 Å². The van der Waals surface area contributed by atoms with Gasteiger partial charge in [0.25, 0.3) is 10.0 Å². The lowest BCUT2D eigenvalue weighted by Crippen LogP contribution is -2.12. The fourth-order valence-corrected chi connectivity index (χ4v) is 3.47. The third-order valence-electron chi connectivity index (χ3n) is 2.42. The molecule has 6 nitrogen and oxygen atoms in total. The second kappa shape index (κ2) is 6.29. The maximum absolute atomic E-state index is 12.2. The van der Waals surface area contributed by atoms with Gasteiger partial charge >= 0.3 is 0 Å². The maximum Gasteiger partial charge on any atom is 0.265 e. The lowest BCUT2D eigenvalue weighted by Gasteiger charge is -2.08. The molecule has 0 saturated carbocycles. The highest BCUT2D eigenvalue weighted by molar-refractivity contribution is 14.1. The number of aliphatic hydroxyl groups excluding tert-OH is 1. The quantitative estimate of drug-likeness (QED) is 0.714. The van der Waals surface area contributed by atoms with E-state index in [0.717, 1.165) is 3.57 Å². The number of halogens is 2. The Morgan fingerprint density at radius 2 is 2.20 bits per heavy atom. The summed E-state index contributed by atoms with van der Waals surface area (Å²) in [5, 5.41) is 13.0. The monoisotopic (exact) mass is 427 g/mol. The molecule has 108 valence electrons. The standard InChI is InChI=1S/C11H11ClIN3O3S/c12-10-5-8(13)1-2-11(10)15-20(18,19)9-6-14-16(7-9)3-4-17/h1-2,5-7,15,17H,3-4H2. The highest BCUT2D eigenvalue weighted by Gasteiger charge is 2.18. The molecule has 1 aromatic carbocycles. The molecule has 0 saturated heterocycles. The first kappa shape index (κ1) is 15.5. The molecule has 0 aliphatic carbocycles. The zero-order valence-corrected chi connectivity index (χ0v) is 13.9. The van der Waals surface area contributed by atoms with Crippen LogP contribution in [0.1, 0.15) is 0 Å². The van der Waals surface area contributed by atoms with Gasteiger partial charge in [-0.3, -0.25) is 9.40 Å². The van der Waals surface area contributed by atoms with Gasteiger partial charge in [0.1, 0.15) is 4.90 Å². The van der Waals surface area contributed by atoms with Gasteiger partial charge in [-0.1, -0.05) is 11.6 Å². The highest BCUT2D eigenvalue weighted by atomic mass is 127. The molecule has 20 heavy (non-hydrogen) atoms. The van der Waals surface area contributed by atoms with Crippen LogP contribution >= 0.6 is 34.2 Å². The zero-order valence-electron chi connectivity index (χ0n) is 10.1. The molecular formula is C11H11ClIN3O3S. The van der Waals surface area contributed by atoms with Crippen LogP contribution in [0.4, 0.5) is 5.69 Å². The maximum atomic E-state index is 12.2. The molecule has 2 rings (SSSR count). The molecule has 0 aliphatic heterocycles. The van der Waals surface area contributed by atoms with Crippen molar-refractivity contribution in [2.75, 3.05) is 11.3 Å². The Kier molecular flexibility index (Phi) is 4.89. The predicted octanol–water partition coefficient (Wildman–Crippen LogP) is 1.93. The van der Waals surface area contributed by atoms with Crippen LogP contribution in [-0.2, 0) is 16.6 Å². The number of anilines is 1. The third kappa shape index (κ3) is 3.62. The van der Waals surface area contributed by atoms with Gasteiger partial charge in [0, 0.05) is 9.77 Å². The summed E-state index contributed by atoms with van der Waals surface area (Å²) in [5.41, 5.74) is 0.307. The summed E-state index contributed by atoms with van der Waals surface area (Å²) in [4.78, 5) is 0.0144. The smallest absolute Gasteiger partial charge is 0.265 e. The van der Waals surface area contributed by atoms with E-state index in [1.165, 1.54) is 17.1 Å². The van der Waals surface area contributed by atoms with Gasteiger partial charge in [0.05, 0.1) is 30.1 Å². The van der Waals surface area contributed by atoms with Gasteiger partial charge in [-0.25, -0.2) is 8.42 Å². The number of benzene rings is 1. The number of sulfonamides is 1. The Balaban J connectivity index is 2.26.